The fraction of sp³-hybridized carbons (Fsp3) is 0.889. The molecule has 0 aliphatic carbocycles. The van der Waals surface area contributed by atoms with Crippen molar-refractivity contribution < 1.29 is 9.53 Å². The molecule has 3 heteroatoms. The molecule has 0 aromatic heterocycles. The van der Waals surface area contributed by atoms with Crippen LogP contribution in [0.3, 0.4) is 0 Å². The average Bonchev–Trinajstić information content (AvgIpc) is 2.03. The number of methoxy groups -OCH3 is 1. The third-order valence-electron chi connectivity index (χ3n) is 2.57. The summed E-state index contributed by atoms with van der Waals surface area (Å²) in [5, 5.41) is 3.34. The normalized spacial score (nSPS) is 36.1. The molecule has 1 aliphatic heterocycles. The molecule has 0 amide bonds. The summed E-state index contributed by atoms with van der Waals surface area (Å²) in [6, 6.07) is 0.780. The summed E-state index contributed by atoms with van der Waals surface area (Å²) in [4.78, 5) is 11.2. The molecule has 0 radical (unpaired) electrons. The number of hydrogen-bond acceptors (Lipinski definition) is 3. The number of ether oxygens (including phenoxy) is 1. The SMILES string of the molecule is COC(=O)[C@@H]1CC[C@H](C)N[C@H]1C. The zero-order valence-corrected chi connectivity index (χ0v) is 7.96. The van der Waals surface area contributed by atoms with Crippen LogP contribution in [0.15, 0.2) is 0 Å². The first-order chi connectivity index (χ1) is 5.65. The van der Waals surface area contributed by atoms with Crippen molar-refractivity contribution in [1.29, 1.82) is 0 Å². The van der Waals surface area contributed by atoms with Crippen LogP contribution in [-0.2, 0) is 9.53 Å². The predicted molar refractivity (Wildman–Crippen MR) is 46.8 cm³/mol. The van der Waals surface area contributed by atoms with E-state index in [9.17, 15) is 4.79 Å². The highest BCUT2D eigenvalue weighted by atomic mass is 16.5. The van der Waals surface area contributed by atoms with Gasteiger partial charge in [0, 0.05) is 12.1 Å². The summed E-state index contributed by atoms with van der Waals surface area (Å²) in [5.41, 5.74) is 0. The van der Waals surface area contributed by atoms with Gasteiger partial charge in [-0.25, -0.2) is 0 Å². The quantitative estimate of drug-likeness (QED) is 0.597. The number of nitrogens with one attached hydrogen (secondary N) is 1. The number of rotatable bonds is 1. The molecule has 0 bridgehead atoms. The Morgan fingerprint density at radius 3 is 2.58 bits per heavy atom. The summed E-state index contributed by atoms with van der Waals surface area (Å²) in [5.74, 6) is -0.0342. The molecular formula is C9H17NO2. The van der Waals surface area contributed by atoms with E-state index in [1.807, 2.05) is 6.92 Å². The fourth-order valence-corrected chi connectivity index (χ4v) is 1.80. The van der Waals surface area contributed by atoms with Crippen LogP contribution in [0, 0.1) is 5.92 Å². The average molecular weight is 171 g/mol. The van der Waals surface area contributed by atoms with E-state index in [1.165, 1.54) is 7.11 Å². The number of esters is 1. The van der Waals surface area contributed by atoms with Crippen LogP contribution >= 0.6 is 0 Å². The lowest BCUT2D eigenvalue weighted by Gasteiger charge is -2.32. The third-order valence-corrected chi connectivity index (χ3v) is 2.57. The molecule has 0 unspecified atom stereocenters. The van der Waals surface area contributed by atoms with Crippen LogP contribution in [0.5, 0.6) is 0 Å². The maximum absolute atomic E-state index is 11.2. The number of piperidine rings is 1. The summed E-state index contributed by atoms with van der Waals surface area (Å²) >= 11 is 0. The van der Waals surface area contributed by atoms with E-state index in [4.69, 9.17) is 4.74 Å². The lowest BCUT2D eigenvalue weighted by Crippen LogP contribution is -2.47. The molecule has 0 saturated carbocycles. The zero-order valence-electron chi connectivity index (χ0n) is 7.96. The van der Waals surface area contributed by atoms with Gasteiger partial charge in [-0.2, -0.15) is 0 Å². The molecule has 0 aromatic rings. The second-order valence-electron chi connectivity index (χ2n) is 3.56. The second-order valence-corrected chi connectivity index (χ2v) is 3.56. The lowest BCUT2D eigenvalue weighted by molar-refractivity contribution is -0.147. The molecule has 70 valence electrons. The van der Waals surface area contributed by atoms with Gasteiger partial charge < -0.3 is 10.1 Å². The molecular weight excluding hydrogens is 154 g/mol. The number of hydrogen-bond donors (Lipinski definition) is 1. The van der Waals surface area contributed by atoms with E-state index in [2.05, 4.69) is 12.2 Å². The Morgan fingerprint density at radius 1 is 1.42 bits per heavy atom. The summed E-state index contributed by atoms with van der Waals surface area (Å²) in [7, 11) is 1.45. The monoisotopic (exact) mass is 171 g/mol. The van der Waals surface area contributed by atoms with E-state index < -0.39 is 0 Å². The zero-order chi connectivity index (χ0) is 9.14. The van der Waals surface area contributed by atoms with Gasteiger partial charge in [-0.05, 0) is 26.7 Å². The Labute approximate surface area is 73.5 Å². The summed E-state index contributed by atoms with van der Waals surface area (Å²) in [6.45, 7) is 4.18. The van der Waals surface area contributed by atoms with Crippen molar-refractivity contribution in [2.75, 3.05) is 7.11 Å². The molecule has 1 heterocycles. The van der Waals surface area contributed by atoms with E-state index in [0.29, 0.717) is 6.04 Å². The van der Waals surface area contributed by atoms with Gasteiger partial charge in [0.1, 0.15) is 0 Å². The Kier molecular flexibility index (Phi) is 3.09. The van der Waals surface area contributed by atoms with Gasteiger partial charge in [-0.15, -0.1) is 0 Å². The van der Waals surface area contributed by atoms with Crippen LogP contribution in [0.4, 0.5) is 0 Å². The number of carbonyl (C=O) groups excluding carboxylic acids is 1. The van der Waals surface area contributed by atoms with E-state index in [0.717, 1.165) is 12.8 Å². The third kappa shape index (κ3) is 1.97. The Hall–Kier alpha value is -0.570. The van der Waals surface area contributed by atoms with Gasteiger partial charge in [-0.3, -0.25) is 4.79 Å². The standard InChI is InChI=1S/C9H17NO2/c1-6-4-5-8(7(2)10-6)9(11)12-3/h6-8,10H,4-5H2,1-3H3/t6-,7-,8+/m0/s1. The largest absolute Gasteiger partial charge is 0.469 e. The van der Waals surface area contributed by atoms with E-state index in [1.54, 1.807) is 0 Å². The lowest BCUT2D eigenvalue weighted by atomic mass is 9.89. The van der Waals surface area contributed by atoms with Crippen LogP contribution in [-0.4, -0.2) is 25.2 Å². The van der Waals surface area contributed by atoms with Crippen LogP contribution in [0.25, 0.3) is 0 Å². The van der Waals surface area contributed by atoms with Crippen molar-refractivity contribution in [3.8, 4) is 0 Å². The minimum absolute atomic E-state index is 0.0474. The maximum atomic E-state index is 11.2. The molecule has 12 heavy (non-hydrogen) atoms. The molecule has 1 saturated heterocycles. The van der Waals surface area contributed by atoms with Gasteiger partial charge in [0.05, 0.1) is 13.0 Å². The highest BCUT2D eigenvalue weighted by Crippen LogP contribution is 2.20. The highest BCUT2D eigenvalue weighted by molar-refractivity contribution is 5.73. The summed E-state index contributed by atoms with van der Waals surface area (Å²) in [6.07, 6.45) is 2.01. The van der Waals surface area contributed by atoms with Crippen molar-refractivity contribution >= 4 is 5.97 Å². The Bertz CT molecular complexity index is 170. The molecule has 0 aromatic carbocycles. The van der Waals surface area contributed by atoms with E-state index in [-0.39, 0.29) is 17.9 Å². The van der Waals surface area contributed by atoms with Crippen molar-refractivity contribution in [1.82, 2.24) is 5.32 Å². The highest BCUT2D eigenvalue weighted by Gasteiger charge is 2.30. The maximum Gasteiger partial charge on any atom is 0.310 e. The van der Waals surface area contributed by atoms with Gasteiger partial charge >= 0.3 is 5.97 Å². The first-order valence-electron chi connectivity index (χ1n) is 4.49. The minimum Gasteiger partial charge on any atom is -0.469 e. The minimum atomic E-state index is -0.0816. The first kappa shape index (κ1) is 9.52. The molecule has 3 nitrogen and oxygen atoms in total. The molecule has 0 spiro atoms. The Morgan fingerprint density at radius 2 is 2.08 bits per heavy atom. The fourth-order valence-electron chi connectivity index (χ4n) is 1.80. The van der Waals surface area contributed by atoms with Gasteiger partial charge in [0.2, 0.25) is 0 Å². The van der Waals surface area contributed by atoms with E-state index >= 15 is 0 Å². The number of carbonyl (C=O) groups is 1. The van der Waals surface area contributed by atoms with Crippen molar-refractivity contribution in [2.24, 2.45) is 5.92 Å². The molecule has 1 aliphatic rings. The predicted octanol–water partition coefficient (Wildman–Crippen LogP) is 0.936. The van der Waals surface area contributed by atoms with Gasteiger partial charge in [0.15, 0.2) is 0 Å². The Balaban J connectivity index is 2.50. The molecule has 3 atom stereocenters. The topological polar surface area (TPSA) is 38.3 Å². The van der Waals surface area contributed by atoms with Crippen LogP contribution < -0.4 is 5.32 Å². The van der Waals surface area contributed by atoms with Crippen LogP contribution in [0.2, 0.25) is 0 Å². The first-order valence-corrected chi connectivity index (χ1v) is 4.49. The smallest absolute Gasteiger partial charge is 0.310 e. The summed E-state index contributed by atoms with van der Waals surface area (Å²) < 4.78 is 4.72. The molecule has 1 N–H and O–H groups in total. The van der Waals surface area contributed by atoms with Gasteiger partial charge in [0.25, 0.3) is 0 Å². The second kappa shape index (κ2) is 3.90. The van der Waals surface area contributed by atoms with Crippen molar-refractivity contribution in [3.63, 3.8) is 0 Å². The van der Waals surface area contributed by atoms with Crippen molar-refractivity contribution in [3.05, 3.63) is 0 Å². The van der Waals surface area contributed by atoms with Crippen molar-refractivity contribution in [2.45, 2.75) is 38.8 Å². The van der Waals surface area contributed by atoms with Gasteiger partial charge in [-0.1, -0.05) is 0 Å². The molecule has 1 fully saturated rings. The molecule has 1 rings (SSSR count). The van der Waals surface area contributed by atoms with Crippen LogP contribution in [0.1, 0.15) is 26.7 Å².